The molecule has 0 radical (unpaired) electrons. The average molecular weight is 397 g/mol. The van der Waals surface area contributed by atoms with Crippen molar-refractivity contribution in [3.8, 4) is 17.1 Å². The molecular formula is C21H24N4O2S. The van der Waals surface area contributed by atoms with Crippen molar-refractivity contribution in [1.29, 1.82) is 0 Å². The molecule has 7 heteroatoms. The molecule has 146 valence electrons. The number of amides is 1. The topological polar surface area (TPSA) is 71.1 Å². The molecule has 1 N–H and O–H groups in total. The molecule has 28 heavy (non-hydrogen) atoms. The number of hydrogen-bond acceptors (Lipinski definition) is 5. The molecule has 0 aliphatic rings. The SMILES string of the molecule is COc1ccc(-c2nc(SCC(=O)N(C)Cc3ccc(C)cc3C)n[nH]2)cc1. The zero-order valence-corrected chi connectivity index (χ0v) is 17.3. The summed E-state index contributed by atoms with van der Waals surface area (Å²) in [4.78, 5) is 18.7. The van der Waals surface area contributed by atoms with Crippen molar-refractivity contribution >= 4 is 17.7 Å². The summed E-state index contributed by atoms with van der Waals surface area (Å²) in [7, 11) is 3.45. The number of aromatic nitrogens is 3. The Labute approximate surface area is 169 Å². The number of hydrogen-bond donors (Lipinski definition) is 1. The van der Waals surface area contributed by atoms with Crippen molar-refractivity contribution in [2.75, 3.05) is 19.9 Å². The smallest absolute Gasteiger partial charge is 0.233 e. The second-order valence-electron chi connectivity index (χ2n) is 6.66. The summed E-state index contributed by atoms with van der Waals surface area (Å²) in [5.74, 6) is 1.79. The third-order valence-electron chi connectivity index (χ3n) is 4.48. The van der Waals surface area contributed by atoms with E-state index < -0.39 is 0 Å². The minimum atomic E-state index is 0.0424. The van der Waals surface area contributed by atoms with Gasteiger partial charge in [0.1, 0.15) is 5.75 Å². The lowest BCUT2D eigenvalue weighted by molar-refractivity contribution is -0.127. The summed E-state index contributed by atoms with van der Waals surface area (Å²) in [5.41, 5.74) is 4.50. The largest absolute Gasteiger partial charge is 0.497 e. The van der Waals surface area contributed by atoms with Gasteiger partial charge in [-0.15, -0.1) is 5.10 Å². The molecule has 3 rings (SSSR count). The van der Waals surface area contributed by atoms with Gasteiger partial charge >= 0.3 is 0 Å². The van der Waals surface area contributed by atoms with Crippen molar-refractivity contribution in [1.82, 2.24) is 20.1 Å². The van der Waals surface area contributed by atoms with Crippen LogP contribution >= 0.6 is 11.8 Å². The van der Waals surface area contributed by atoms with Crippen molar-refractivity contribution in [3.05, 3.63) is 59.2 Å². The van der Waals surface area contributed by atoms with Gasteiger partial charge in [-0.1, -0.05) is 35.5 Å². The van der Waals surface area contributed by atoms with E-state index in [1.165, 1.54) is 22.9 Å². The quantitative estimate of drug-likeness (QED) is 0.614. The molecule has 3 aromatic rings. The van der Waals surface area contributed by atoms with Crippen molar-refractivity contribution in [2.24, 2.45) is 0 Å². The van der Waals surface area contributed by atoms with Crippen LogP contribution in [0, 0.1) is 13.8 Å². The molecule has 0 bridgehead atoms. The molecule has 0 saturated carbocycles. The van der Waals surface area contributed by atoms with E-state index in [0.717, 1.165) is 16.9 Å². The molecule has 0 unspecified atom stereocenters. The minimum Gasteiger partial charge on any atom is -0.497 e. The molecule has 1 amide bonds. The molecule has 0 atom stereocenters. The number of nitrogens with one attached hydrogen (secondary N) is 1. The fraction of sp³-hybridized carbons (Fsp3) is 0.286. The molecule has 0 saturated heterocycles. The van der Waals surface area contributed by atoms with Crippen molar-refractivity contribution < 1.29 is 9.53 Å². The number of benzene rings is 2. The Morgan fingerprint density at radius 1 is 1.18 bits per heavy atom. The Hall–Kier alpha value is -2.80. The summed E-state index contributed by atoms with van der Waals surface area (Å²) in [6, 6.07) is 13.9. The number of aryl methyl sites for hydroxylation is 2. The second kappa shape index (κ2) is 8.93. The normalized spacial score (nSPS) is 10.7. The van der Waals surface area contributed by atoms with Gasteiger partial charge in [-0.25, -0.2) is 4.98 Å². The highest BCUT2D eigenvalue weighted by molar-refractivity contribution is 7.99. The maximum Gasteiger partial charge on any atom is 0.233 e. The average Bonchev–Trinajstić information content (AvgIpc) is 3.17. The summed E-state index contributed by atoms with van der Waals surface area (Å²) in [6.07, 6.45) is 0. The van der Waals surface area contributed by atoms with Gasteiger partial charge in [0.25, 0.3) is 0 Å². The fourth-order valence-electron chi connectivity index (χ4n) is 2.79. The van der Waals surface area contributed by atoms with Crippen LogP contribution in [0.2, 0.25) is 0 Å². The first-order valence-corrected chi connectivity index (χ1v) is 9.94. The number of H-pyrrole nitrogens is 1. The van der Waals surface area contributed by atoms with Crippen LogP contribution in [0.4, 0.5) is 0 Å². The lowest BCUT2D eigenvalue weighted by atomic mass is 10.1. The van der Waals surface area contributed by atoms with Crippen LogP contribution in [0.3, 0.4) is 0 Å². The monoisotopic (exact) mass is 396 g/mol. The first-order valence-electron chi connectivity index (χ1n) is 8.96. The Morgan fingerprint density at radius 3 is 2.61 bits per heavy atom. The number of aromatic amines is 1. The number of nitrogens with zero attached hydrogens (tertiary/aromatic N) is 3. The number of rotatable bonds is 7. The molecule has 6 nitrogen and oxygen atoms in total. The Kier molecular flexibility index (Phi) is 6.36. The van der Waals surface area contributed by atoms with Crippen LogP contribution in [-0.2, 0) is 11.3 Å². The number of ether oxygens (including phenoxy) is 1. The molecule has 0 aliphatic carbocycles. The minimum absolute atomic E-state index is 0.0424. The van der Waals surface area contributed by atoms with E-state index in [-0.39, 0.29) is 5.91 Å². The molecular weight excluding hydrogens is 372 g/mol. The van der Waals surface area contributed by atoms with Gasteiger partial charge in [0.15, 0.2) is 5.82 Å². The van der Waals surface area contributed by atoms with Gasteiger partial charge in [0.2, 0.25) is 11.1 Å². The number of methoxy groups -OCH3 is 1. The van der Waals surface area contributed by atoms with Crippen LogP contribution in [-0.4, -0.2) is 45.9 Å². The standard InChI is InChI=1S/C21H24N4O2S/c1-14-5-6-17(15(2)11-14)12-25(3)19(26)13-28-21-22-20(23-24-21)16-7-9-18(27-4)10-8-16/h5-11H,12-13H2,1-4H3,(H,22,23,24). The highest BCUT2D eigenvalue weighted by Crippen LogP contribution is 2.22. The van der Waals surface area contributed by atoms with Crippen LogP contribution in [0.15, 0.2) is 47.6 Å². The maximum atomic E-state index is 12.5. The van der Waals surface area contributed by atoms with Crippen LogP contribution in [0.5, 0.6) is 5.75 Å². The predicted octanol–water partition coefficient (Wildman–Crippen LogP) is 3.85. The third kappa shape index (κ3) is 4.92. The summed E-state index contributed by atoms with van der Waals surface area (Å²) in [6.45, 7) is 4.74. The Balaban J connectivity index is 1.56. The fourth-order valence-corrected chi connectivity index (χ4v) is 3.53. The number of carbonyl (C=O) groups excluding carboxylic acids is 1. The number of thioether (sulfide) groups is 1. The van der Waals surface area contributed by atoms with E-state index in [1.54, 1.807) is 12.0 Å². The van der Waals surface area contributed by atoms with E-state index in [0.29, 0.717) is 23.3 Å². The van der Waals surface area contributed by atoms with E-state index in [4.69, 9.17) is 4.74 Å². The lowest BCUT2D eigenvalue weighted by Gasteiger charge is -2.18. The second-order valence-corrected chi connectivity index (χ2v) is 7.61. The highest BCUT2D eigenvalue weighted by atomic mass is 32.2. The van der Waals surface area contributed by atoms with E-state index in [9.17, 15) is 4.79 Å². The van der Waals surface area contributed by atoms with Gasteiger partial charge in [-0.05, 0) is 49.2 Å². The predicted molar refractivity (Wildman–Crippen MR) is 111 cm³/mol. The van der Waals surface area contributed by atoms with E-state index in [1.807, 2.05) is 31.3 Å². The zero-order chi connectivity index (χ0) is 20.1. The third-order valence-corrected chi connectivity index (χ3v) is 5.32. The molecule has 0 aliphatic heterocycles. The number of carbonyl (C=O) groups is 1. The Morgan fingerprint density at radius 2 is 1.93 bits per heavy atom. The van der Waals surface area contributed by atoms with E-state index >= 15 is 0 Å². The Bertz CT molecular complexity index is 953. The van der Waals surface area contributed by atoms with E-state index in [2.05, 4.69) is 47.2 Å². The van der Waals surface area contributed by atoms with Gasteiger partial charge < -0.3 is 9.64 Å². The summed E-state index contributed by atoms with van der Waals surface area (Å²) >= 11 is 1.33. The molecule has 2 aromatic carbocycles. The lowest BCUT2D eigenvalue weighted by Crippen LogP contribution is -2.28. The zero-order valence-electron chi connectivity index (χ0n) is 16.5. The molecule has 1 aromatic heterocycles. The summed E-state index contributed by atoms with van der Waals surface area (Å²) < 4.78 is 5.16. The molecule has 1 heterocycles. The van der Waals surface area contributed by atoms with Crippen molar-refractivity contribution in [2.45, 2.75) is 25.5 Å². The molecule has 0 fully saturated rings. The first kappa shape index (κ1) is 19.9. The summed E-state index contributed by atoms with van der Waals surface area (Å²) in [5, 5.41) is 7.67. The van der Waals surface area contributed by atoms with Gasteiger partial charge in [0.05, 0.1) is 12.9 Å². The van der Waals surface area contributed by atoms with Crippen molar-refractivity contribution in [3.63, 3.8) is 0 Å². The van der Waals surface area contributed by atoms with Crippen LogP contribution in [0.1, 0.15) is 16.7 Å². The van der Waals surface area contributed by atoms with Crippen LogP contribution in [0.25, 0.3) is 11.4 Å². The van der Waals surface area contributed by atoms with Gasteiger partial charge in [-0.3, -0.25) is 9.89 Å². The maximum absolute atomic E-state index is 12.5. The van der Waals surface area contributed by atoms with Crippen LogP contribution < -0.4 is 4.74 Å². The van der Waals surface area contributed by atoms with Gasteiger partial charge in [0, 0.05) is 19.2 Å². The van der Waals surface area contributed by atoms with Gasteiger partial charge in [-0.2, -0.15) is 0 Å². The highest BCUT2D eigenvalue weighted by Gasteiger charge is 2.13. The molecule has 0 spiro atoms. The first-order chi connectivity index (χ1) is 13.5.